The molecule has 3 amide bonds. The summed E-state index contributed by atoms with van der Waals surface area (Å²) in [6.45, 7) is 0. The first-order valence-electron chi connectivity index (χ1n) is 3.23. The van der Waals surface area contributed by atoms with Gasteiger partial charge in [0.1, 0.15) is 0 Å². The number of aliphatic imine (C=N–C) groups is 1. The zero-order valence-electron chi connectivity index (χ0n) is 6.12. The second-order valence-electron chi connectivity index (χ2n) is 2.01. The highest BCUT2D eigenvalue weighted by Crippen LogP contribution is 1.90. The Bertz CT molecular complexity index is 177. The van der Waals surface area contributed by atoms with Crippen LogP contribution in [0.2, 0.25) is 0 Å². The average Bonchev–Trinajstić information content (AvgIpc) is 1.85. The maximum absolute atomic E-state index is 10.2. The number of amides is 3. The van der Waals surface area contributed by atoms with Gasteiger partial charge in [-0.3, -0.25) is 4.79 Å². The predicted octanol–water partition coefficient (Wildman–Crippen LogP) is -0.209. The van der Waals surface area contributed by atoms with E-state index in [1.807, 2.05) is 0 Å². The maximum Gasteiger partial charge on any atom is 0.337 e. The summed E-state index contributed by atoms with van der Waals surface area (Å²) in [5.41, 5.74) is 9.57. The van der Waals surface area contributed by atoms with Gasteiger partial charge in [0.2, 0.25) is 5.91 Å². The standard InChI is InChI=1S/C6H11N3O2/c7-5(10)3-1-2-4-9-6(8)11/h4H,1-3H2,(H2,7,10)(H2,8,11)/b9-4+. The minimum Gasteiger partial charge on any atom is -0.370 e. The molecule has 5 heteroatoms. The second kappa shape index (κ2) is 5.40. The fourth-order valence-corrected chi connectivity index (χ4v) is 0.522. The van der Waals surface area contributed by atoms with Gasteiger partial charge in [0.15, 0.2) is 0 Å². The van der Waals surface area contributed by atoms with Crippen molar-refractivity contribution in [2.75, 3.05) is 0 Å². The lowest BCUT2D eigenvalue weighted by atomic mass is 10.2. The van der Waals surface area contributed by atoms with Gasteiger partial charge in [0.25, 0.3) is 0 Å². The van der Waals surface area contributed by atoms with Crippen molar-refractivity contribution in [3.8, 4) is 0 Å². The van der Waals surface area contributed by atoms with Crippen LogP contribution >= 0.6 is 0 Å². The number of urea groups is 1. The third-order valence-electron chi connectivity index (χ3n) is 0.975. The third-order valence-corrected chi connectivity index (χ3v) is 0.975. The predicted molar refractivity (Wildman–Crippen MR) is 41.1 cm³/mol. The first-order valence-corrected chi connectivity index (χ1v) is 3.23. The lowest BCUT2D eigenvalue weighted by Gasteiger charge is -1.89. The molecule has 11 heavy (non-hydrogen) atoms. The molecule has 0 aliphatic heterocycles. The fourth-order valence-electron chi connectivity index (χ4n) is 0.522. The van der Waals surface area contributed by atoms with Crippen LogP contribution in [0.1, 0.15) is 19.3 Å². The van der Waals surface area contributed by atoms with Crippen molar-refractivity contribution in [2.45, 2.75) is 19.3 Å². The van der Waals surface area contributed by atoms with Gasteiger partial charge in [-0.05, 0) is 12.8 Å². The minimum absolute atomic E-state index is 0.310. The van der Waals surface area contributed by atoms with Crippen molar-refractivity contribution in [3.63, 3.8) is 0 Å². The van der Waals surface area contributed by atoms with Gasteiger partial charge in [0, 0.05) is 12.6 Å². The summed E-state index contributed by atoms with van der Waals surface area (Å²) >= 11 is 0. The number of nitrogens with two attached hydrogens (primary N) is 2. The molecule has 0 atom stereocenters. The second-order valence-corrected chi connectivity index (χ2v) is 2.01. The number of primary amides is 2. The SMILES string of the molecule is NC(=O)CCC/C=N/C(N)=O. The Balaban J connectivity index is 3.27. The van der Waals surface area contributed by atoms with Crippen molar-refractivity contribution >= 4 is 18.2 Å². The van der Waals surface area contributed by atoms with Crippen LogP contribution in [0.5, 0.6) is 0 Å². The number of hydrogen-bond donors (Lipinski definition) is 2. The van der Waals surface area contributed by atoms with Gasteiger partial charge in [-0.1, -0.05) is 0 Å². The first-order chi connectivity index (χ1) is 5.13. The zero-order chi connectivity index (χ0) is 8.69. The van der Waals surface area contributed by atoms with Crippen LogP contribution < -0.4 is 11.5 Å². The van der Waals surface area contributed by atoms with Gasteiger partial charge >= 0.3 is 6.03 Å². The lowest BCUT2D eigenvalue weighted by molar-refractivity contribution is -0.118. The highest BCUT2D eigenvalue weighted by atomic mass is 16.2. The lowest BCUT2D eigenvalue weighted by Crippen LogP contribution is -2.09. The Morgan fingerprint density at radius 1 is 1.36 bits per heavy atom. The van der Waals surface area contributed by atoms with E-state index in [2.05, 4.69) is 4.99 Å². The molecule has 4 N–H and O–H groups in total. The molecule has 5 nitrogen and oxygen atoms in total. The fraction of sp³-hybridized carbons (Fsp3) is 0.500. The Morgan fingerprint density at radius 2 is 2.00 bits per heavy atom. The molecule has 0 rings (SSSR count). The van der Waals surface area contributed by atoms with Crippen molar-refractivity contribution < 1.29 is 9.59 Å². The number of hydrogen-bond acceptors (Lipinski definition) is 2. The summed E-state index contributed by atoms with van der Waals surface area (Å²) < 4.78 is 0. The van der Waals surface area contributed by atoms with E-state index >= 15 is 0 Å². The summed E-state index contributed by atoms with van der Waals surface area (Å²) in [7, 11) is 0. The monoisotopic (exact) mass is 157 g/mol. The molecule has 0 aromatic carbocycles. The highest BCUT2D eigenvalue weighted by molar-refractivity contribution is 5.82. The molecule has 0 fully saturated rings. The molecule has 0 aromatic heterocycles. The minimum atomic E-state index is -0.718. The normalized spacial score (nSPS) is 10.2. The van der Waals surface area contributed by atoms with Gasteiger partial charge in [-0.15, -0.1) is 0 Å². The molecule has 0 radical (unpaired) electrons. The molecular formula is C6H11N3O2. The molecule has 0 bridgehead atoms. The molecule has 0 heterocycles. The van der Waals surface area contributed by atoms with E-state index in [1.165, 1.54) is 6.21 Å². The van der Waals surface area contributed by atoms with Crippen LogP contribution in [0, 0.1) is 0 Å². The Kier molecular flexibility index (Phi) is 4.72. The van der Waals surface area contributed by atoms with Crippen LogP contribution in [0.4, 0.5) is 4.79 Å². The maximum atomic E-state index is 10.2. The first kappa shape index (κ1) is 9.61. The van der Waals surface area contributed by atoms with Crippen LogP contribution in [0.15, 0.2) is 4.99 Å². The van der Waals surface area contributed by atoms with Crippen LogP contribution in [-0.2, 0) is 4.79 Å². The average molecular weight is 157 g/mol. The topological polar surface area (TPSA) is 98.5 Å². The van der Waals surface area contributed by atoms with E-state index in [4.69, 9.17) is 11.5 Å². The molecule has 0 aliphatic carbocycles. The molecule has 0 saturated carbocycles. The molecule has 0 aliphatic rings. The number of carbonyl (C=O) groups is 2. The number of unbranched alkanes of at least 4 members (excludes halogenated alkanes) is 1. The van der Waals surface area contributed by atoms with E-state index in [0.29, 0.717) is 19.3 Å². The summed E-state index contributed by atoms with van der Waals surface area (Å²) in [6, 6.07) is -0.718. The number of carbonyl (C=O) groups excluding carboxylic acids is 2. The summed E-state index contributed by atoms with van der Waals surface area (Å²) in [5.74, 6) is -0.350. The van der Waals surface area contributed by atoms with Crippen LogP contribution in [-0.4, -0.2) is 18.2 Å². The van der Waals surface area contributed by atoms with Gasteiger partial charge in [-0.2, -0.15) is 0 Å². The van der Waals surface area contributed by atoms with Gasteiger partial charge in [0.05, 0.1) is 0 Å². The number of nitrogens with zero attached hydrogens (tertiary/aromatic N) is 1. The van der Waals surface area contributed by atoms with Crippen molar-refractivity contribution in [1.29, 1.82) is 0 Å². The van der Waals surface area contributed by atoms with E-state index in [0.717, 1.165) is 0 Å². The third kappa shape index (κ3) is 8.61. The van der Waals surface area contributed by atoms with Crippen molar-refractivity contribution in [1.82, 2.24) is 0 Å². The molecule has 0 aromatic rings. The van der Waals surface area contributed by atoms with Gasteiger partial charge in [-0.25, -0.2) is 9.79 Å². The van der Waals surface area contributed by atoms with E-state index in [9.17, 15) is 9.59 Å². The van der Waals surface area contributed by atoms with E-state index in [-0.39, 0.29) is 5.91 Å². The van der Waals surface area contributed by atoms with E-state index < -0.39 is 6.03 Å². The zero-order valence-corrected chi connectivity index (χ0v) is 6.12. The summed E-state index contributed by atoms with van der Waals surface area (Å²) in [5, 5.41) is 0. The number of rotatable bonds is 4. The largest absolute Gasteiger partial charge is 0.370 e. The summed E-state index contributed by atoms with van der Waals surface area (Å²) in [4.78, 5) is 23.5. The Morgan fingerprint density at radius 3 is 2.45 bits per heavy atom. The summed E-state index contributed by atoms with van der Waals surface area (Å²) in [6.07, 6.45) is 2.84. The van der Waals surface area contributed by atoms with Crippen molar-refractivity contribution in [2.24, 2.45) is 16.5 Å². The Hall–Kier alpha value is -1.39. The smallest absolute Gasteiger partial charge is 0.337 e. The van der Waals surface area contributed by atoms with Crippen molar-refractivity contribution in [3.05, 3.63) is 0 Å². The molecule has 0 unspecified atom stereocenters. The molecule has 62 valence electrons. The molecule has 0 saturated heterocycles. The molecule has 0 spiro atoms. The Labute approximate surface area is 64.5 Å². The van der Waals surface area contributed by atoms with Crippen LogP contribution in [0.3, 0.4) is 0 Å². The highest BCUT2D eigenvalue weighted by Gasteiger charge is 1.91. The quantitative estimate of drug-likeness (QED) is 0.436. The van der Waals surface area contributed by atoms with Crippen LogP contribution in [0.25, 0.3) is 0 Å². The molecular weight excluding hydrogens is 146 g/mol. The van der Waals surface area contributed by atoms with Gasteiger partial charge < -0.3 is 11.5 Å². The van der Waals surface area contributed by atoms with E-state index in [1.54, 1.807) is 0 Å².